The second-order valence-electron chi connectivity index (χ2n) is 3.52. The van der Waals surface area contributed by atoms with Gasteiger partial charge in [0, 0.05) is 10.7 Å². The molecule has 0 saturated carbocycles. The van der Waals surface area contributed by atoms with E-state index in [1.165, 1.54) is 12.3 Å². The Morgan fingerprint density at radius 1 is 1.39 bits per heavy atom. The molecule has 0 aliphatic rings. The van der Waals surface area contributed by atoms with Gasteiger partial charge in [0.05, 0.1) is 16.3 Å². The summed E-state index contributed by atoms with van der Waals surface area (Å²) in [5.41, 5.74) is 6.48. The quantitative estimate of drug-likeness (QED) is 0.889. The highest BCUT2D eigenvalue weighted by Gasteiger charge is 2.12. The van der Waals surface area contributed by atoms with Gasteiger partial charge in [-0.15, -0.1) is 0 Å². The van der Waals surface area contributed by atoms with Crippen molar-refractivity contribution in [3.63, 3.8) is 0 Å². The highest BCUT2D eigenvalue weighted by molar-refractivity contribution is 9.10. The SMILES string of the molecule is Nc1cc(C(=O)Nc2ccccc2Br)c(Cl)cn1. The number of para-hydroxylation sites is 1. The fourth-order valence-electron chi connectivity index (χ4n) is 1.38. The monoisotopic (exact) mass is 325 g/mol. The van der Waals surface area contributed by atoms with Gasteiger partial charge in [0.15, 0.2) is 0 Å². The predicted molar refractivity (Wildman–Crippen MR) is 75.8 cm³/mol. The van der Waals surface area contributed by atoms with E-state index < -0.39 is 0 Å². The van der Waals surface area contributed by atoms with Crippen LogP contribution in [0, 0.1) is 0 Å². The summed E-state index contributed by atoms with van der Waals surface area (Å²) in [6.07, 6.45) is 1.35. The van der Waals surface area contributed by atoms with E-state index in [0.717, 1.165) is 4.47 Å². The van der Waals surface area contributed by atoms with Gasteiger partial charge in [0.1, 0.15) is 5.82 Å². The number of hydrogen-bond donors (Lipinski definition) is 2. The Balaban J connectivity index is 2.28. The average molecular weight is 327 g/mol. The van der Waals surface area contributed by atoms with Gasteiger partial charge in [-0.3, -0.25) is 4.79 Å². The van der Waals surface area contributed by atoms with Crippen LogP contribution in [0.15, 0.2) is 41.0 Å². The predicted octanol–water partition coefficient (Wildman–Crippen LogP) is 3.33. The zero-order valence-corrected chi connectivity index (χ0v) is 11.5. The summed E-state index contributed by atoms with van der Waals surface area (Å²) in [6, 6.07) is 8.73. The number of nitrogens with zero attached hydrogens (tertiary/aromatic N) is 1. The van der Waals surface area contributed by atoms with Gasteiger partial charge in [-0.2, -0.15) is 0 Å². The van der Waals surface area contributed by atoms with Crippen molar-refractivity contribution in [1.29, 1.82) is 0 Å². The zero-order valence-electron chi connectivity index (χ0n) is 9.15. The van der Waals surface area contributed by atoms with Gasteiger partial charge in [0.25, 0.3) is 5.91 Å². The number of nitrogens with one attached hydrogen (secondary N) is 1. The number of carbonyl (C=O) groups excluding carboxylic acids is 1. The van der Waals surface area contributed by atoms with Gasteiger partial charge in [-0.1, -0.05) is 23.7 Å². The molecular formula is C12H9BrClN3O. The Labute approximate surface area is 117 Å². The minimum atomic E-state index is -0.332. The number of amides is 1. The Hall–Kier alpha value is -1.59. The van der Waals surface area contributed by atoms with Crippen LogP contribution < -0.4 is 11.1 Å². The molecule has 1 aromatic heterocycles. The van der Waals surface area contributed by atoms with Gasteiger partial charge in [-0.25, -0.2) is 4.98 Å². The molecule has 0 fully saturated rings. The van der Waals surface area contributed by atoms with E-state index in [1.807, 2.05) is 18.2 Å². The Kier molecular flexibility index (Phi) is 3.84. The van der Waals surface area contributed by atoms with Crippen LogP contribution >= 0.6 is 27.5 Å². The number of nitrogens with two attached hydrogens (primary N) is 1. The molecule has 1 heterocycles. The van der Waals surface area contributed by atoms with Crippen molar-refractivity contribution in [3.05, 3.63) is 51.6 Å². The number of benzene rings is 1. The molecule has 4 nitrogen and oxygen atoms in total. The Morgan fingerprint density at radius 3 is 2.83 bits per heavy atom. The number of pyridine rings is 1. The maximum Gasteiger partial charge on any atom is 0.257 e. The third-order valence-corrected chi connectivity index (χ3v) is 3.24. The molecule has 18 heavy (non-hydrogen) atoms. The first kappa shape index (κ1) is 12.9. The first-order valence-corrected chi connectivity index (χ1v) is 6.22. The van der Waals surface area contributed by atoms with Crippen molar-refractivity contribution in [2.45, 2.75) is 0 Å². The molecule has 0 aliphatic heterocycles. The van der Waals surface area contributed by atoms with Gasteiger partial charge in [0.2, 0.25) is 0 Å². The summed E-state index contributed by atoms with van der Waals surface area (Å²) in [5, 5.41) is 3.00. The smallest absolute Gasteiger partial charge is 0.257 e. The number of nitrogen functional groups attached to an aromatic ring is 1. The van der Waals surface area contributed by atoms with E-state index in [-0.39, 0.29) is 16.7 Å². The molecule has 2 rings (SSSR count). The molecule has 0 saturated heterocycles. The number of aromatic nitrogens is 1. The topological polar surface area (TPSA) is 68.0 Å². The Bertz CT molecular complexity index is 604. The molecular weight excluding hydrogens is 318 g/mol. The molecule has 1 aromatic carbocycles. The number of rotatable bonds is 2. The molecule has 2 aromatic rings. The van der Waals surface area contributed by atoms with E-state index in [2.05, 4.69) is 26.2 Å². The lowest BCUT2D eigenvalue weighted by Crippen LogP contribution is -2.13. The van der Waals surface area contributed by atoms with E-state index in [0.29, 0.717) is 11.3 Å². The number of carbonyl (C=O) groups is 1. The molecule has 0 spiro atoms. The first-order valence-electron chi connectivity index (χ1n) is 5.05. The van der Waals surface area contributed by atoms with E-state index in [9.17, 15) is 4.79 Å². The average Bonchev–Trinajstić information content (AvgIpc) is 2.35. The molecule has 6 heteroatoms. The Morgan fingerprint density at radius 2 is 2.11 bits per heavy atom. The van der Waals surface area contributed by atoms with E-state index in [1.54, 1.807) is 6.07 Å². The van der Waals surface area contributed by atoms with Crippen molar-refractivity contribution < 1.29 is 4.79 Å². The summed E-state index contributed by atoms with van der Waals surface area (Å²) in [6.45, 7) is 0. The van der Waals surface area contributed by atoms with Crippen LogP contribution in [0.3, 0.4) is 0 Å². The third kappa shape index (κ3) is 2.80. The molecule has 92 valence electrons. The van der Waals surface area contributed by atoms with Crippen LogP contribution in [0.5, 0.6) is 0 Å². The molecule has 3 N–H and O–H groups in total. The lowest BCUT2D eigenvalue weighted by Gasteiger charge is -2.08. The summed E-state index contributed by atoms with van der Waals surface area (Å²) < 4.78 is 0.788. The highest BCUT2D eigenvalue weighted by atomic mass is 79.9. The van der Waals surface area contributed by atoms with Crippen LogP contribution in [0.2, 0.25) is 5.02 Å². The van der Waals surface area contributed by atoms with Crippen LogP contribution in [0.25, 0.3) is 0 Å². The number of anilines is 2. The lowest BCUT2D eigenvalue weighted by molar-refractivity contribution is 0.102. The summed E-state index contributed by atoms with van der Waals surface area (Å²) in [5.74, 6) is -0.0855. The minimum absolute atomic E-state index is 0.247. The highest BCUT2D eigenvalue weighted by Crippen LogP contribution is 2.23. The molecule has 0 bridgehead atoms. The van der Waals surface area contributed by atoms with Crippen molar-refractivity contribution >= 4 is 44.9 Å². The number of halogens is 2. The van der Waals surface area contributed by atoms with Crippen molar-refractivity contribution in [2.75, 3.05) is 11.1 Å². The fraction of sp³-hybridized carbons (Fsp3) is 0. The fourth-order valence-corrected chi connectivity index (χ4v) is 1.95. The van der Waals surface area contributed by atoms with Crippen molar-refractivity contribution in [1.82, 2.24) is 4.98 Å². The zero-order chi connectivity index (χ0) is 13.1. The summed E-state index contributed by atoms with van der Waals surface area (Å²) in [7, 11) is 0. The lowest BCUT2D eigenvalue weighted by atomic mass is 10.2. The molecule has 0 unspecified atom stereocenters. The third-order valence-electron chi connectivity index (χ3n) is 2.24. The minimum Gasteiger partial charge on any atom is -0.384 e. The van der Waals surface area contributed by atoms with Gasteiger partial charge in [-0.05, 0) is 34.1 Å². The maximum absolute atomic E-state index is 12.0. The summed E-state index contributed by atoms with van der Waals surface area (Å²) in [4.78, 5) is 15.8. The maximum atomic E-state index is 12.0. The largest absolute Gasteiger partial charge is 0.384 e. The number of hydrogen-bond acceptors (Lipinski definition) is 3. The van der Waals surface area contributed by atoms with Crippen LogP contribution in [-0.2, 0) is 0 Å². The normalized spacial score (nSPS) is 10.1. The van der Waals surface area contributed by atoms with E-state index >= 15 is 0 Å². The van der Waals surface area contributed by atoms with Gasteiger partial charge < -0.3 is 11.1 Å². The van der Waals surface area contributed by atoms with Crippen LogP contribution in [0.1, 0.15) is 10.4 Å². The second kappa shape index (κ2) is 5.37. The molecule has 1 amide bonds. The van der Waals surface area contributed by atoms with Gasteiger partial charge >= 0.3 is 0 Å². The standard InChI is InChI=1S/C12H9BrClN3O/c13-8-3-1-2-4-10(8)17-12(18)7-5-11(15)16-6-9(7)14/h1-6H,(H2,15,16)(H,17,18). The van der Waals surface area contributed by atoms with Crippen LogP contribution in [0.4, 0.5) is 11.5 Å². The van der Waals surface area contributed by atoms with E-state index in [4.69, 9.17) is 17.3 Å². The molecule has 0 atom stereocenters. The first-order chi connectivity index (χ1) is 8.58. The summed E-state index contributed by atoms with van der Waals surface area (Å²) >= 11 is 9.25. The molecule has 0 radical (unpaired) electrons. The van der Waals surface area contributed by atoms with Crippen molar-refractivity contribution in [2.24, 2.45) is 0 Å². The molecule has 0 aliphatic carbocycles. The second-order valence-corrected chi connectivity index (χ2v) is 4.78. The van der Waals surface area contributed by atoms with Crippen molar-refractivity contribution in [3.8, 4) is 0 Å². The van der Waals surface area contributed by atoms with Crippen LogP contribution in [-0.4, -0.2) is 10.9 Å².